The van der Waals surface area contributed by atoms with Gasteiger partial charge in [-0.1, -0.05) is 6.42 Å². The highest BCUT2D eigenvalue weighted by molar-refractivity contribution is 5.95. The fraction of sp³-hybridized carbons (Fsp3) is 0.500. The Morgan fingerprint density at radius 3 is 2.67 bits per heavy atom. The molecule has 2 heterocycles. The van der Waals surface area contributed by atoms with Crippen LogP contribution in [-0.2, 0) is 11.2 Å². The van der Waals surface area contributed by atoms with Crippen molar-refractivity contribution >= 4 is 23.0 Å². The van der Waals surface area contributed by atoms with E-state index in [1.54, 1.807) is 6.07 Å². The van der Waals surface area contributed by atoms with Crippen molar-refractivity contribution in [3.05, 3.63) is 27.8 Å². The third-order valence-corrected chi connectivity index (χ3v) is 3.95. The van der Waals surface area contributed by atoms with E-state index in [0.717, 1.165) is 31.5 Å². The molecule has 2 aliphatic rings. The van der Waals surface area contributed by atoms with Gasteiger partial charge in [0.05, 0.1) is 10.6 Å². The summed E-state index contributed by atoms with van der Waals surface area (Å²) in [6.45, 7) is 1.79. The van der Waals surface area contributed by atoms with Crippen LogP contribution < -0.4 is 10.7 Å². The number of hydrazine groups is 1. The molecule has 1 saturated heterocycles. The lowest BCUT2D eigenvalue weighted by molar-refractivity contribution is -0.384. The zero-order valence-corrected chi connectivity index (χ0v) is 11.7. The smallest absolute Gasteiger partial charge is 0.295 e. The third-order valence-electron chi connectivity index (χ3n) is 3.95. The highest BCUT2D eigenvalue weighted by atomic mass is 16.6. The monoisotopic (exact) mass is 290 g/mol. The lowest BCUT2D eigenvalue weighted by Crippen LogP contribution is -2.35. The lowest BCUT2D eigenvalue weighted by Gasteiger charge is -2.28. The summed E-state index contributed by atoms with van der Waals surface area (Å²) in [5.74, 6) is -0.0893. The molecule has 7 heteroatoms. The van der Waals surface area contributed by atoms with Gasteiger partial charge in [0, 0.05) is 25.6 Å². The Balaban J connectivity index is 1.90. The number of hydrogen-bond donors (Lipinski definition) is 2. The summed E-state index contributed by atoms with van der Waals surface area (Å²) in [6.07, 6.45) is 4.45. The Morgan fingerprint density at radius 2 is 1.95 bits per heavy atom. The van der Waals surface area contributed by atoms with Gasteiger partial charge in [-0.2, -0.15) is 0 Å². The molecule has 1 fully saturated rings. The Morgan fingerprint density at radius 1 is 1.19 bits per heavy atom. The van der Waals surface area contributed by atoms with Crippen LogP contribution >= 0.6 is 0 Å². The van der Waals surface area contributed by atoms with Gasteiger partial charge in [-0.15, -0.1) is 0 Å². The normalized spacial score (nSPS) is 18.8. The largest absolute Gasteiger partial charge is 0.326 e. The Bertz CT molecular complexity index is 582. The van der Waals surface area contributed by atoms with Crippen molar-refractivity contribution in [1.82, 2.24) is 5.01 Å². The van der Waals surface area contributed by atoms with Crippen molar-refractivity contribution in [1.29, 1.82) is 0 Å². The van der Waals surface area contributed by atoms with Gasteiger partial charge in [-0.25, -0.2) is 5.01 Å². The standard InChI is InChI=1S/C14H18N4O3/c19-14-5-4-10-8-12(16-17-6-2-1-3-7-17)13(18(20)21)9-11(10)15-14/h8-9,16H,1-7H2,(H,15,19). The van der Waals surface area contributed by atoms with Crippen LogP contribution in [0.1, 0.15) is 31.2 Å². The second-order valence-corrected chi connectivity index (χ2v) is 5.49. The predicted molar refractivity (Wildman–Crippen MR) is 79.1 cm³/mol. The van der Waals surface area contributed by atoms with Gasteiger partial charge in [0.25, 0.3) is 5.69 Å². The lowest BCUT2D eigenvalue weighted by atomic mass is 10.0. The van der Waals surface area contributed by atoms with E-state index in [9.17, 15) is 14.9 Å². The van der Waals surface area contributed by atoms with E-state index in [0.29, 0.717) is 24.2 Å². The molecule has 1 amide bonds. The first-order valence-corrected chi connectivity index (χ1v) is 7.26. The molecule has 1 aromatic rings. The number of fused-ring (bicyclic) bond motifs is 1. The molecule has 7 nitrogen and oxygen atoms in total. The van der Waals surface area contributed by atoms with Gasteiger partial charge in [-0.05, 0) is 30.9 Å². The zero-order valence-electron chi connectivity index (χ0n) is 11.7. The van der Waals surface area contributed by atoms with Crippen molar-refractivity contribution in [2.75, 3.05) is 23.8 Å². The summed E-state index contributed by atoms with van der Waals surface area (Å²) < 4.78 is 0. The van der Waals surface area contributed by atoms with Gasteiger partial charge in [0.15, 0.2) is 0 Å². The van der Waals surface area contributed by atoms with Crippen LogP contribution in [0.25, 0.3) is 0 Å². The first-order chi connectivity index (χ1) is 10.1. The molecule has 21 heavy (non-hydrogen) atoms. The number of carbonyl (C=O) groups is 1. The van der Waals surface area contributed by atoms with Crippen molar-refractivity contribution < 1.29 is 9.72 Å². The average molecular weight is 290 g/mol. The van der Waals surface area contributed by atoms with Gasteiger partial charge in [0.1, 0.15) is 5.69 Å². The molecule has 0 atom stereocenters. The molecule has 0 unspecified atom stereocenters. The van der Waals surface area contributed by atoms with Crippen LogP contribution in [0.2, 0.25) is 0 Å². The van der Waals surface area contributed by atoms with Crippen molar-refractivity contribution in [2.45, 2.75) is 32.1 Å². The molecular weight excluding hydrogens is 272 g/mol. The van der Waals surface area contributed by atoms with Crippen molar-refractivity contribution in [2.24, 2.45) is 0 Å². The fourth-order valence-corrected chi connectivity index (χ4v) is 2.83. The minimum absolute atomic E-state index is 0.00141. The highest BCUT2D eigenvalue weighted by Crippen LogP contribution is 2.34. The molecule has 0 saturated carbocycles. The number of nitro groups is 1. The maximum Gasteiger partial charge on any atom is 0.295 e. The second kappa shape index (κ2) is 5.69. The fourth-order valence-electron chi connectivity index (χ4n) is 2.83. The first kappa shape index (κ1) is 13.8. The first-order valence-electron chi connectivity index (χ1n) is 7.26. The second-order valence-electron chi connectivity index (χ2n) is 5.49. The third kappa shape index (κ3) is 2.97. The van der Waals surface area contributed by atoms with E-state index >= 15 is 0 Å². The van der Waals surface area contributed by atoms with Gasteiger partial charge in [-0.3, -0.25) is 14.9 Å². The van der Waals surface area contributed by atoms with E-state index in [2.05, 4.69) is 10.7 Å². The number of amides is 1. The topological polar surface area (TPSA) is 87.5 Å². The SMILES string of the molecule is O=C1CCc2cc(NN3CCCCC3)c([N+](=O)[O-])cc2N1. The van der Waals surface area contributed by atoms with Crippen LogP contribution in [0.4, 0.5) is 17.1 Å². The van der Waals surface area contributed by atoms with Gasteiger partial charge >= 0.3 is 0 Å². The summed E-state index contributed by atoms with van der Waals surface area (Å²) in [5, 5.41) is 16.0. The number of carbonyl (C=O) groups excluding carboxylic acids is 1. The molecule has 1 aromatic carbocycles. The Hall–Kier alpha value is -2.15. The number of nitrogens with zero attached hydrogens (tertiary/aromatic N) is 2. The molecule has 0 radical (unpaired) electrons. The molecule has 2 N–H and O–H groups in total. The molecule has 0 aliphatic carbocycles. The number of piperidine rings is 1. The van der Waals surface area contributed by atoms with E-state index in [1.807, 2.05) is 5.01 Å². The van der Waals surface area contributed by atoms with Crippen LogP contribution in [0.3, 0.4) is 0 Å². The number of rotatable bonds is 3. The Kier molecular flexibility index (Phi) is 3.74. The van der Waals surface area contributed by atoms with Gasteiger partial charge < -0.3 is 10.7 Å². The summed E-state index contributed by atoms with van der Waals surface area (Å²) in [5.41, 5.74) is 5.19. The number of aryl methyl sites for hydroxylation is 1. The van der Waals surface area contributed by atoms with Crippen molar-refractivity contribution in [3.63, 3.8) is 0 Å². The quantitative estimate of drug-likeness (QED) is 0.658. The molecule has 0 spiro atoms. The van der Waals surface area contributed by atoms with Crippen molar-refractivity contribution in [3.8, 4) is 0 Å². The van der Waals surface area contributed by atoms with E-state index in [1.165, 1.54) is 12.5 Å². The average Bonchev–Trinajstić information content (AvgIpc) is 2.47. The van der Waals surface area contributed by atoms with Crippen LogP contribution in [0.5, 0.6) is 0 Å². The van der Waals surface area contributed by atoms with Crippen LogP contribution in [0, 0.1) is 10.1 Å². The summed E-state index contributed by atoms with van der Waals surface area (Å²) in [6, 6.07) is 3.25. The number of hydrogen-bond acceptors (Lipinski definition) is 5. The Labute approximate surface area is 122 Å². The maximum absolute atomic E-state index is 11.4. The zero-order chi connectivity index (χ0) is 14.8. The minimum atomic E-state index is -0.409. The number of anilines is 2. The highest BCUT2D eigenvalue weighted by Gasteiger charge is 2.24. The molecule has 0 bridgehead atoms. The maximum atomic E-state index is 11.4. The van der Waals surface area contributed by atoms with Gasteiger partial charge in [0.2, 0.25) is 5.91 Å². The van der Waals surface area contributed by atoms with Crippen LogP contribution in [-0.4, -0.2) is 28.9 Å². The van der Waals surface area contributed by atoms with E-state index < -0.39 is 4.92 Å². The predicted octanol–water partition coefficient (Wildman–Crippen LogP) is 2.29. The van der Waals surface area contributed by atoms with Crippen LogP contribution in [0.15, 0.2) is 12.1 Å². The molecule has 2 aliphatic heterocycles. The molecule has 112 valence electrons. The summed E-state index contributed by atoms with van der Waals surface area (Å²) in [4.78, 5) is 22.3. The molecule has 3 rings (SSSR count). The number of nitrogens with one attached hydrogen (secondary N) is 2. The van der Waals surface area contributed by atoms with E-state index in [-0.39, 0.29) is 11.6 Å². The molecular formula is C14H18N4O3. The number of benzene rings is 1. The number of nitro benzene ring substituents is 1. The summed E-state index contributed by atoms with van der Waals surface area (Å²) in [7, 11) is 0. The summed E-state index contributed by atoms with van der Waals surface area (Å²) >= 11 is 0. The minimum Gasteiger partial charge on any atom is -0.326 e. The molecule has 0 aromatic heterocycles. The van der Waals surface area contributed by atoms with E-state index in [4.69, 9.17) is 0 Å².